The molecule has 1 N–H and O–H groups in total. The third-order valence-corrected chi connectivity index (χ3v) is 5.08. The molecule has 0 spiro atoms. The normalized spacial score (nSPS) is 21.9. The Labute approximate surface area is 144 Å². The fourth-order valence-corrected chi connectivity index (χ4v) is 3.60. The van der Waals surface area contributed by atoms with E-state index in [-0.39, 0.29) is 6.03 Å². The van der Waals surface area contributed by atoms with Crippen molar-refractivity contribution in [3.63, 3.8) is 0 Å². The van der Waals surface area contributed by atoms with Crippen molar-refractivity contribution in [2.75, 3.05) is 20.1 Å². The van der Waals surface area contributed by atoms with Gasteiger partial charge in [-0.15, -0.1) is 0 Å². The number of carbonyl (C=O) groups excluding carboxylic acids is 1. The van der Waals surface area contributed by atoms with Gasteiger partial charge in [0.1, 0.15) is 0 Å². The van der Waals surface area contributed by atoms with Crippen molar-refractivity contribution < 1.29 is 4.79 Å². The molecule has 0 saturated carbocycles. The zero-order valence-electron chi connectivity index (χ0n) is 14.5. The fraction of sp³-hybridized carbons (Fsp3) is 0.579. The van der Waals surface area contributed by atoms with E-state index in [9.17, 15) is 4.79 Å². The lowest BCUT2D eigenvalue weighted by molar-refractivity contribution is 0.188. The summed E-state index contributed by atoms with van der Waals surface area (Å²) in [7, 11) is 2.17. The maximum atomic E-state index is 12.4. The summed E-state index contributed by atoms with van der Waals surface area (Å²) >= 11 is 0. The molecular weight excluding hydrogens is 300 g/mol. The average molecular weight is 328 g/mol. The summed E-state index contributed by atoms with van der Waals surface area (Å²) in [5.74, 6) is 0. The van der Waals surface area contributed by atoms with Crippen LogP contribution in [0.5, 0.6) is 0 Å². The van der Waals surface area contributed by atoms with Crippen LogP contribution in [0.3, 0.4) is 0 Å². The minimum absolute atomic E-state index is 0.108. The van der Waals surface area contributed by atoms with E-state index in [1.54, 1.807) is 0 Å². The number of carbonyl (C=O) groups is 1. The second-order valence-electron chi connectivity index (χ2n) is 6.90. The predicted molar refractivity (Wildman–Crippen MR) is 95.6 cm³/mol. The van der Waals surface area contributed by atoms with E-state index in [2.05, 4.69) is 40.5 Å². The van der Waals surface area contributed by atoms with Gasteiger partial charge in [0.15, 0.2) is 0 Å². The van der Waals surface area contributed by atoms with Gasteiger partial charge in [-0.05, 0) is 51.3 Å². The number of rotatable bonds is 4. The lowest BCUT2D eigenvalue weighted by Gasteiger charge is -2.27. The quantitative estimate of drug-likeness (QED) is 0.865. The molecule has 5 nitrogen and oxygen atoms in total. The summed E-state index contributed by atoms with van der Waals surface area (Å²) in [6.45, 7) is 2.56. The van der Waals surface area contributed by atoms with Crippen LogP contribution in [-0.2, 0) is 6.54 Å². The highest BCUT2D eigenvalue weighted by molar-refractivity contribution is 5.74. The Morgan fingerprint density at radius 2 is 2.12 bits per heavy atom. The SMILES string of the molecule is CN(Cc1ccccn1)[C@@H]1CCCN(C(=O)NC2CC=CC2)CC1. The van der Waals surface area contributed by atoms with Crippen molar-refractivity contribution in [2.24, 2.45) is 0 Å². The van der Waals surface area contributed by atoms with Gasteiger partial charge in [0, 0.05) is 37.9 Å². The number of nitrogens with one attached hydrogen (secondary N) is 1. The van der Waals surface area contributed by atoms with E-state index in [0.29, 0.717) is 12.1 Å². The van der Waals surface area contributed by atoms with Crippen LogP contribution in [0, 0.1) is 0 Å². The summed E-state index contributed by atoms with van der Waals surface area (Å²) in [5, 5.41) is 3.16. The molecule has 2 heterocycles. The van der Waals surface area contributed by atoms with Crippen molar-refractivity contribution in [2.45, 2.75) is 50.7 Å². The van der Waals surface area contributed by atoms with Crippen LogP contribution in [0.25, 0.3) is 0 Å². The van der Waals surface area contributed by atoms with Gasteiger partial charge in [0.2, 0.25) is 0 Å². The van der Waals surface area contributed by atoms with Crippen LogP contribution in [0.15, 0.2) is 36.5 Å². The van der Waals surface area contributed by atoms with Crippen LogP contribution in [0.1, 0.15) is 37.8 Å². The number of hydrogen-bond donors (Lipinski definition) is 1. The number of amides is 2. The van der Waals surface area contributed by atoms with E-state index >= 15 is 0 Å². The Hall–Kier alpha value is -1.88. The highest BCUT2D eigenvalue weighted by Gasteiger charge is 2.24. The van der Waals surface area contributed by atoms with Gasteiger partial charge in [-0.25, -0.2) is 4.79 Å². The molecule has 1 saturated heterocycles. The molecule has 2 aliphatic rings. The molecule has 2 amide bonds. The highest BCUT2D eigenvalue weighted by Crippen LogP contribution is 2.18. The Kier molecular flexibility index (Phi) is 5.86. The second kappa shape index (κ2) is 8.29. The van der Waals surface area contributed by atoms with Crippen molar-refractivity contribution in [1.82, 2.24) is 20.1 Å². The summed E-state index contributed by atoms with van der Waals surface area (Å²) in [6, 6.07) is 6.97. The fourth-order valence-electron chi connectivity index (χ4n) is 3.60. The smallest absolute Gasteiger partial charge is 0.317 e. The highest BCUT2D eigenvalue weighted by atomic mass is 16.2. The second-order valence-corrected chi connectivity index (χ2v) is 6.90. The number of pyridine rings is 1. The summed E-state index contributed by atoms with van der Waals surface area (Å²) in [6.07, 6.45) is 11.3. The van der Waals surface area contributed by atoms with Crippen LogP contribution < -0.4 is 5.32 Å². The molecule has 130 valence electrons. The molecule has 24 heavy (non-hydrogen) atoms. The van der Waals surface area contributed by atoms with Crippen LogP contribution in [0.2, 0.25) is 0 Å². The Bertz CT molecular complexity index is 552. The summed E-state index contributed by atoms with van der Waals surface area (Å²) < 4.78 is 0. The number of urea groups is 1. The van der Waals surface area contributed by atoms with E-state index in [1.807, 2.05) is 23.2 Å². The molecule has 1 aliphatic carbocycles. The van der Waals surface area contributed by atoms with Crippen molar-refractivity contribution in [3.05, 3.63) is 42.2 Å². The molecular formula is C19H28N4O. The first kappa shape index (κ1) is 17.0. The van der Waals surface area contributed by atoms with Gasteiger partial charge in [-0.1, -0.05) is 18.2 Å². The average Bonchev–Trinajstić information content (AvgIpc) is 2.96. The molecule has 1 aliphatic heterocycles. The number of hydrogen-bond acceptors (Lipinski definition) is 3. The lowest BCUT2D eigenvalue weighted by Crippen LogP contribution is -2.44. The maximum Gasteiger partial charge on any atom is 0.317 e. The summed E-state index contributed by atoms with van der Waals surface area (Å²) in [4.78, 5) is 21.2. The standard InChI is InChI=1S/C19H28N4O/c1-22(15-17-9-4-5-12-20-17)18-10-6-13-23(14-11-18)19(24)21-16-7-2-3-8-16/h2-5,9,12,16,18H,6-8,10-11,13-15H2,1H3,(H,21,24)/t18-/m1/s1. The molecule has 0 aromatic carbocycles. The van der Waals surface area contributed by atoms with E-state index in [4.69, 9.17) is 0 Å². The minimum atomic E-state index is 0.108. The van der Waals surface area contributed by atoms with Crippen LogP contribution in [-0.4, -0.2) is 53.0 Å². The van der Waals surface area contributed by atoms with E-state index in [1.165, 1.54) is 0 Å². The first-order valence-corrected chi connectivity index (χ1v) is 9.03. The molecule has 1 atom stereocenters. The number of aromatic nitrogens is 1. The maximum absolute atomic E-state index is 12.4. The summed E-state index contributed by atoms with van der Waals surface area (Å²) in [5.41, 5.74) is 1.10. The largest absolute Gasteiger partial charge is 0.335 e. The van der Waals surface area contributed by atoms with Gasteiger partial charge >= 0.3 is 6.03 Å². The first-order valence-electron chi connectivity index (χ1n) is 9.03. The van der Waals surface area contributed by atoms with Crippen molar-refractivity contribution >= 4 is 6.03 Å². The molecule has 1 aromatic heterocycles. The Morgan fingerprint density at radius 3 is 2.88 bits per heavy atom. The third kappa shape index (κ3) is 4.57. The topological polar surface area (TPSA) is 48.5 Å². The molecule has 0 unspecified atom stereocenters. The van der Waals surface area contributed by atoms with Gasteiger partial charge in [-0.3, -0.25) is 9.88 Å². The van der Waals surface area contributed by atoms with Gasteiger partial charge in [0.25, 0.3) is 0 Å². The van der Waals surface area contributed by atoms with Crippen LogP contribution in [0.4, 0.5) is 4.79 Å². The van der Waals surface area contributed by atoms with Crippen molar-refractivity contribution in [1.29, 1.82) is 0 Å². The zero-order valence-corrected chi connectivity index (χ0v) is 14.5. The Morgan fingerprint density at radius 1 is 1.29 bits per heavy atom. The van der Waals surface area contributed by atoms with Gasteiger partial charge < -0.3 is 10.2 Å². The lowest BCUT2D eigenvalue weighted by atomic mass is 10.1. The monoisotopic (exact) mass is 328 g/mol. The van der Waals surface area contributed by atoms with Gasteiger partial charge in [0.05, 0.1) is 5.69 Å². The van der Waals surface area contributed by atoms with E-state index < -0.39 is 0 Å². The molecule has 1 aromatic rings. The van der Waals surface area contributed by atoms with E-state index in [0.717, 1.165) is 57.4 Å². The van der Waals surface area contributed by atoms with Crippen LogP contribution >= 0.6 is 0 Å². The minimum Gasteiger partial charge on any atom is -0.335 e. The third-order valence-electron chi connectivity index (χ3n) is 5.08. The Balaban J connectivity index is 1.48. The number of likely N-dealkylation sites (tertiary alicyclic amines) is 1. The molecule has 5 heteroatoms. The molecule has 1 fully saturated rings. The molecule has 0 radical (unpaired) electrons. The van der Waals surface area contributed by atoms with Gasteiger partial charge in [-0.2, -0.15) is 0 Å². The molecule has 3 rings (SSSR count). The predicted octanol–water partition coefficient (Wildman–Crippen LogP) is 2.80. The first-order chi connectivity index (χ1) is 11.7. The van der Waals surface area contributed by atoms with Crippen molar-refractivity contribution in [3.8, 4) is 0 Å². The zero-order chi connectivity index (χ0) is 16.8. The number of nitrogens with zero attached hydrogens (tertiary/aromatic N) is 3. The molecule has 0 bridgehead atoms.